The van der Waals surface area contributed by atoms with Crippen molar-refractivity contribution in [2.45, 2.75) is 58.1 Å². The maximum Gasteiger partial charge on any atom is 0.205 e. The van der Waals surface area contributed by atoms with E-state index in [0.29, 0.717) is 11.9 Å². The fraction of sp³-hybridized carbons (Fsp3) is 0.733. The number of aromatic nitrogens is 1. The second kappa shape index (κ2) is 7.03. The van der Waals surface area contributed by atoms with Gasteiger partial charge in [0.2, 0.25) is 9.04 Å². The molecule has 1 aromatic heterocycles. The molecule has 0 aliphatic carbocycles. The second-order valence-corrected chi connectivity index (χ2v) is 11.5. The first-order valence-electron chi connectivity index (χ1n) is 7.52. The standard InChI is InChI=1S/C15H25N2O2S2Si/c1-10(18)20-11-7-17(8-11)14-16-13(15(2,3)4)12(21-14)9-19-22(5)6/h11H,7-9H2,1-6H3. The van der Waals surface area contributed by atoms with Crippen LogP contribution in [0.5, 0.6) is 0 Å². The normalized spacial score (nSPS) is 16.2. The highest BCUT2D eigenvalue weighted by atomic mass is 32.2. The Kier molecular flexibility index (Phi) is 5.74. The summed E-state index contributed by atoms with van der Waals surface area (Å²) >= 11 is 3.19. The fourth-order valence-corrected chi connectivity index (χ4v) is 4.99. The number of thioether (sulfide) groups is 1. The number of hydrogen-bond acceptors (Lipinski definition) is 6. The van der Waals surface area contributed by atoms with Crippen LogP contribution in [-0.2, 0) is 21.2 Å². The van der Waals surface area contributed by atoms with Crippen LogP contribution in [0.25, 0.3) is 0 Å². The van der Waals surface area contributed by atoms with Gasteiger partial charge in [-0.2, -0.15) is 0 Å². The smallest absolute Gasteiger partial charge is 0.205 e. The Bertz CT molecular complexity index is 534. The van der Waals surface area contributed by atoms with Gasteiger partial charge in [0.1, 0.15) is 0 Å². The van der Waals surface area contributed by atoms with Crippen LogP contribution in [0.15, 0.2) is 0 Å². The number of rotatable bonds is 5. The molecule has 0 aromatic carbocycles. The molecule has 2 rings (SSSR count). The van der Waals surface area contributed by atoms with Gasteiger partial charge < -0.3 is 9.33 Å². The van der Waals surface area contributed by atoms with Gasteiger partial charge in [-0.05, 0) is 13.1 Å². The molecule has 0 amide bonds. The summed E-state index contributed by atoms with van der Waals surface area (Å²) in [7, 11) is -0.693. The van der Waals surface area contributed by atoms with Gasteiger partial charge in [0.05, 0.1) is 17.2 Å². The lowest BCUT2D eigenvalue weighted by molar-refractivity contribution is -0.109. The molecule has 1 aromatic rings. The molecule has 0 spiro atoms. The quantitative estimate of drug-likeness (QED) is 0.752. The molecule has 1 radical (unpaired) electrons. The van der Waals surface area contributed by atoms with Gasteiger partial charge in [-0.25, -0.2) is 4.98 Å². The monoisotopic (exact) mass is 357 g/mol. The van der Waals surface area contributed by atoms with Crippen molar-refractivity contribution in [3.63, 3.8) is 0 Å². The van der Waals surface area contributed by atoms with Crippen LogP contribution in [-0.4, -0.2) is 37.5 Å². The van der Waals surface area contributed by atoms with E-state index in [9.17, 15) is 4.79 Å². The minimum atomic E-state index is -0.693. The van der Waals surface area contributed by atoms with Crippen molar-refractivity contribution in [1.29, 1.82) is 0 Å². The topological polar surface area (TPSA) is 42.4 Å². The SMILES string of the molecule is CC(=O)SC1CN(c2nc(C(C)(C)C)c(CO[Si](C)C)s2)C1. The van der Waals surface area contributed by atoms with Crippen molar-refractivity contribution < 1.29 is 9.22 Å². The highest BCUT2D eigenvalue weighted by Crippen LogP contribution is 2.37. The average Bonchev–Trinajstić information content (AvgIpc) is 2.73. The Morgan fingerprint density at radius 3 is 2.59 bits per heavy atom. The summed E-state index contributed by atoms with van der Waals surface area (Å²) in [5.74, 6) is 0. The van der Waals surface area contributed by atoms with Gasteiger partial charge in [0.25, 0.3) is 0 Å². The number of carbonyl (C=O) groups excluding carboxylic acids is 1. The highest BCUT2D eigenvalue weighted by molar-refractivity contribution is 8.14. The zero-order chi connectivity index (χ0) is 16.5. The molecule has 0 atom stereocenters. The average molecular weight is 358 g/mol. The van der Waals surface area contributed by atoms with E-state index in [0.717, 1.165) is 23.9 Å². The minimum absolute atomic E-state index is 0.0280. The van der Waals surface area contributed by atoms with E-state index in [-0.39, 0.29) is 10.5 Å². The Morgan fingerprint density at radius 2 is 2.09 bits per heavy atom. The summed E-state index contributed by atoms with van der Waals surface area (Å²) < 4.78 is 5.89. The van der Waals surface area contributed by atoms with Crippen LogP contribution in [0.4, 0.5) is 5.13 Å². The molecule has 1 aliphatic heterocycles. The summed E-state index contributed by atoms with van der Waals surface area (Å²) in [6.45, 7) is 15.0. The van der Waals surface area contributed by atoms with Crippen molar-refractivity contribution in [2.75, 3.05) is 18.0 Å². The molecule has 1 aliphatic rings. The molecule has 0 saturated carbocycles. The largest absolute Gasteiger partial charge is 0.412 e. The molecule has 7 heteroatoms. The van der Waals surface area contributed by atoms with Crippen LogP contribution >= 0.6 is 23.1 Å². The van der Waals surface area contributed by atoms with Crippen molar-refractivity contribution >= 4 is 42.4 Å². The van der Waals surface area contributed by atoms with Crippen LogP contribution in [0.2, 0.25) is 13.1 Å². The van der Waals surface area contributed by atoms with Crippen LogP contribution in [0.3, 0.4) is 0 Å². The molecule has 2 heterocycles. The minimum Gasteiger partial charge on any atom is -0.412 e. The van der Waals surface area contributed by atoms with Crippen LogP contribution in [0, 0.1) is 0 Å². The van der Waals surface area contributed by atoms with Gasteiger partial charge in [0, 0.05) is 30.7 Å². The molecular weight excluding hydrogens is 332 g/mol. The van der Waals surface area contributed by atoms with Crippen molar-refractivity contribution in [3.8, 4) is 0 Å². The number of nitrogens with zero attached hydrogens (tertiary/aromatic N) is 2. The van der Waals surface area contributed by atoms with E-state index in [1.54, 1.807) is 18.3 Å². The predicted molar refractivity (Wildman–Crippen MR) is 97.4 cm³/mol. The summed E-state index contributed by atoms with van der Waals surface area (Å²) in [4.78, 5) is 19.5. The fourth-order valence-electron chi connectivity index (χ4n) is 2.27. The van der Waals surface area contributed by atoms with E-state index in [2.05, 4.69) is 38.8 Å². The van der Waals surface area contributed by atoms with E-state index in [1.807, 2.05) is 0 Å². The second-order valence-electron chi connectivity index (χ2n) is 6.85. The molecule has 1 fully saturated rings. The Labute approximate surface area is 143 Å². The third-order valence-electron chi connectivity index (χ3n) is 3.34. The zero-order valence-corrected chi connectivity index (χ0v) is 16.9. The van der Waals surface area contributed by atoms with Gasteiger partial charge in [0.15, 0.2) is 10.2 Å². The van der Waals surface area contributed by atoms with E-state index >= 15 is 0 Å². The number of anilines is 1. The molecule has 4 nitrogen and oxygen atoms in total. The number of carbonyl (C=O) groups is 1. The third kappa shape index (κ3) is 4.56. The summed E-state index contributed by atoms with van der Waals surface area (Å²) in [5, 5.41) is 1.69. The van der Waals surface area contributed by atoms with Gasteiger partial charge >= 0.3 is 0 Å². The lowest BCUT2D eigenvalue weighted by Gasteiger charge is -2.38. The van der Waals surface area contributed by atoms with Gasteiger partial charge in [-0.3, -0.25) is 4.79 Å². The first-order valence-corrected chi connectivity index (χ1v) is 11.6. The molecule has 123 valence electrons. The predicted octanol–water partition coefficient (Wildman–Crippen LogP) is 3.68. The number of hydrogen-bond donors (Lipinski definition) is 0. The number of thiazole rings is 1. The summed E-state index contributed by atoms with van der Waals surface area (Å²) in [6.07, 6.45) is 0. The maximum absolute atomic E-state index is 11.1. The first kappa shape index (κ1) is 18.0. The highest BCUT2D eigenvalue weighted by Gasteiger charge is 2.32. The maximum atomic E-state index is 11.1. The van der Waals surface area contributed by atoms with Gasteiger partial charge in [-0.1, -0.05) is 43.9 Å². The molecule has 1 saturated heterocycles. The zero-order valence-electron chi connectivity index (χ0n) is 14.2. The van der Waals surface area contributed by atoms with Crippen molar-refractivity contribution in [2.24, 2.45) is 0 Å². The lowest BCUT2D eigenvalue weighted by atomic mass is 9.91. The molecule has 22 heavy (non-hydrogen) atoms. The molecule has 0 N–H and O–H groups in total. The van der Waals surface area contributed by atoms with Crippen LogP contribution < -0.4 is 4.90 Å². The summed E-state index contributed by atoms with van der Waals surface area (Å²) in [5.41, 5.74) is 1.18. The van der Waals surface area contributed by atoms with Crippen LogP contribution in [0.1, 0.15) is 38.3 Å². The summed E-state index contributed by atoms with van der Waals surface area (Å²) in [6, 6.07) is 0. The van der Waals surface area contributed by atoms with E-state index in [1.165, 1.54) is 16.6 Å². The van der Waals surface area contributed by atoms with Gasteiger partial charge in [-0.15, -0.1) is 0 Å². The Morgan fingerprint density at radius 1 is 1.45 bits per heavy atom. The third-order valence-corrected chi connectivity index (χ3v) is 6.11. The first-order chi connectivity index (χ1) is 10.2. The lowest BCUT2D eigenvalue weighted by Crippen LogP contribution is -2.49. The van der Waals surface area contributed by atoms with Crippen molar-refractivity contribution in [3.05, 3.63) is 10.6 Å². The molecular formula is C15H25N2O2S2Si. The molecule has 0 bridgehead atoms. The van der Waals surface area contributed by atoms with E-state index < -0.39 is 9.04 Å². The van der Waals surface area contributed by atoms with E-state index in [4.69, 9.17) is 9.41 Å². The Balaban J connectivity index is 2.08. The molecule has 0 unspecified atom stereocenters. The van der Waals surface area contributed by atoms with Crippen molar-refractivity contribution in [1.82, 2.24) is 4.98 Å². The Hall–Kier alpha value is -0.373.